The van der Waals surface area contributed by atoms with Gasteiger partial charge in [-0.15, -0.1) is 12.4 Å². The Morgan fingerprint density at radius 3 is 2.18 bits per heavy atom. The van der Waals surface area contributed by atoms with E-state index >= 15 is 0 Å². The van der Waals surface area contributed by atoms with E-state index in [1.54, 1.807) is 6.92 Å². The van der Waals surface area contributed by atoms with Crippen molar-refractivity contribution in [1.82, 2.24) is 10.6 Å². The molecule has 130 valence electrons. The summed E-state index contributed by atoms with van der Waals surface area (Å²) >= 11 is 0. The molecule has 0 aromatic heterocycles. The average molecular weight is 334 g/mol. The van der Waals surface area contributed by atoms with Crippen molar-refractivity contribution in [3.63, 3.8) is 0 Å². The van der Waals surface area contributed by atoms with Crippen molar-refractivity contribution in [3.05, 3.63) is 0 Å². The lowest BCUT2D eigenvalue weighted by Gasteiger charge is -2.36. The van der Waals surface area contributed by atoms with Gasteiger partial charge in [-0.3, -0.25) is 9.59 Å². The van der Waals surface area contributed by atoms with Gasteiger partial charge in [0.25, 0.3) is 0 Å². The van der Waals surface area contributed by atoms with E-state index < -0.39 is 6.04 Å². The molecule has 0 aliphatic heterocycles. The predicted octanol–water partition coefficient (Wildman–Crippen LogP) is 2.13. The summed E-state index contributed by atoms with van der Waals surface area (Å²) in [5, 5.41) is 5.68. The maximum atomic E-state index is 12.2. The number of carbonyl (C=O) groups excluding carboxylic acids is 2. The van der Waals surface area contributed by atoms with Crippen molar-refractivity contribution in [2.45, 2.75) is 77.8 Å². The van der Waals surface area contributed by atoms with Crippen LogP contribution in [0.15, 0.2) is 0 Å². The quantitative estimate of drug-likeness (QED) is 0.720. The van der Waals surface area contributed by atoms with Gasteiger partial charge in [-0.05, 0) is 52.5 Å². The third kappa shape index (κ3) is 6.97. The van der Waals surface area contributed by atoms with Gasteiger partial charge in [0.05, 0.1) is 0 Å². The van der Waals surface area contributed by atoms with Gasteiger partial charge < -0.3 is 16.4 Å². The first kappa shape index (κ1) is 21.2. The summed E-state index contributed by atoms with van der Waals surface area (Å²) in [4.78, 5) is 24.2. The molecule has 1 rings (SSSR count). The minimum atomic E-state index is -0.518. The Balaban J connectivity index is 0.00000441. The molecule has 0 aromatic carbocycles. The number of hydrogen-bond acceptors (Lipinski definition) is 3. The van der Waals surface area contributed by atoms with Gasteiger partial charge in [-0.2, -0.15) is 0 Å². The summed E-state index contributed by atoms with van der Waals surface area (Å²) in [7, 11) is 0. The van der Waals surface area contributed by atoms with E-state index in [0.717, 1.165) is 25.7 Å². The zero-order valence-electron chi connectivity index (χ0n) is 14.3. The summed E-state index contributed by atoms with van der Waals surface area (Å²) in [6.07, 6.45) is 5.97. The summed E-state index contributed by atoms with van der Waals surface area (Å²) in [6, 6.07) is -0.518. The zero-order chi connectivity index (χ0) is 16.1. The third-order valence-electron chi connectivity index (χ3n) is 4.15. The maximum absolute atomic E-state index is 12.2. The van der Waals surface area contributed by atoms with Crippen molar-refractivity contribution < 1.29 is 9.59 Å². The van der Waals surface area contributed by atoms with Gasteiger partial charge in [0, 0.05) is 12.0 Å². The van der Waals surface area contributed by atoms with Gasteiger partial charge in [0.15, 0.2) is 0 Å². The van der Waals surface area contributed by atoms with Gasteiger partial charge in [0.1, 0.15) is 6.04 Å². The molecule has 1 unspecified atom stereocenters. The van der Waals surface area contributed by atoms with Crippen LogP contribution < -0.4 is 16.4 Å². The van der Waals surface area contributed by atoms with E-state index in [1.165, 1.54) is 6.42 Å². The fourth-order valence-corrected chi connectivity index (χ4v) is 2.93. The molecule has 2 amide bonds. The largest absolute Gasteiger partial charge is 0.350 e. The molecular weight excluding hydrogens is 302 g/mol. The van der Waals surface area contributed by atoms with Crippen LogP contribution in [0.25, 0.3) is 0 Å². The van der Waals surface area contributed by atoms with Gasteiger partial charge >= 0.3 is 0 Å². The van der Waals surface area contributed by atoms with E-state index in [4.69, 9.17) is 5.73 Å². The highest BCUT2D eigenvalue weighted by atomic mass is 35.5. The SMILES string of the molecule is CC(NC(=O)CC1(CN)CCCCC1)C(=O)NC(C)(C)C.Cl. The van der Waals surface area contributed by atoms with Crippen LogP contribution in [-0.4, -0.2) is 29.9 Å². The molecule has 0 aromatic rings. The molecule has 1 aliphatic rings. The molecule has 4 N–H and O–H groups in total. The number of rotatable bonds is 5. The second-order valence-electron chi connectivity index (χ2n) is 7.47. The van der Waals surface area contributed by atoms with Crippen LogP contribution in [0.3, 0.4) is 0 Å². The van der Waals surface area contributed by atoms with E-state index in [-0.39, 0.29) is 35.2 Å². The van der Waals surface area contributed by atoms with E-state index in [1.807, 2.05) is 20.8 Å². The van der Waals surface area contributed by atoms with Crippen LogP contribution in [0.4, 0.5) is 0 Å². The number of amides is 2. The average Bonchev–Trinajstić information content (AvgIpc) is 2.37. The van der Waals surface area contributed by atoms with Gasteiger partial charge in [0.2, 0.25) is 11.8 Å². The Morgan fingerprint density at radius 1 is 1.18 bits per heavy atom. The second kappa shape index (κ2) is 8.73. The molecule has 0 radical (unpaired) electrons. The Kier molecular flexibility index (Phi) is 8.40. The summed E-state index contributed by atoms with van der Waals surface area (Å²) in [5.41, 5.74) is 5.54. The fourth-order valence-electron chi connectivity index (χ4n) is 2.93. The minimum Gasteiger partial charge on any atom is -0.350 e. The number of halogens is 1. The number of nitrogens with two attached hydrogens (primary N) is 1. The highest BCUT2D eigenvalue weighted by Crippen LogP contribution is 2.38. The van der Waals surface area contributed by atoms with Crippen molar-refractivity contribution in [2.24, 2.45) is 11.1 Å². The smallest absolute Gasteiger partial charge is 0.242 e. The van der Waals surface area contributed by atoms with Gasteiger partial charge in [-0.1, -0.05) is 19.3 Å². The standard InChI is InChI=1S/C16H31N3O2.ClH/c1-12(14(21)19-15(2,3)4)18-13(20)10-16(11-17)8-6-5-7-9-16;/h12H,5-11,17H2,1-4H3,(H,18,20)(H,19,21);1H. The van der Waals surface area contributed by atoms with Crippen molar-refractivity contribution >= 4 is 24.2 Å². The Morgan fingerprint density at radius 2 is 1.73 bits per heavy atom. The third-order valence-corrected chi connectivity index (χ3v) is 4.15. The molecule has 0 heterocycles. The van der Waals surface area contributed by atoms with E-state index in [0.29, 0.717) is 13.0 Å². The summed E-state index contributed by atoms with van der Waals surface area (Å²) in [5.74, 6) is -0.222. The minimum absolute atomic E-state index is 0. The zero-order valence-corrected chi connectivity index (χ0v) is 15.1. The molecule has 1 aliphatic carbocycles. The van der Waals surface area contributed by atoms with Crippen LogP contribution >= 0.6 is 12.4 Å². The van der Waals surface area contributed by atoms with Crippen LogP contribution in [-0.2, 0) is 9.59 Å². The monoisotopic (exact) mass is 333 g/mol. The van der Waals surface area contributed by atoms with Crippen LogP contribution in [0.5, 0.6) is 0 Å². The maximum Gasteiger partial charge on any atom is 0.242 e. The lowest BCUT2D eigenvalue weighted by Crippen LogP contribution is -2.51. The van der Waals surface area contributed by atoms with Crippen LogP contribution in [0.1, 0.15) is 66.2 Å². The molecule has 1 saturated carbocycles. The highest BCUT2D eigenvalue weighted by molar-refractivity contribution is 5.87. The predicted molar refractivity (Wildman–Crippen MR) is 91.9 cm³/mol. The second-order valence-corrected chi connectivity index (χ2v) is 7.47. The topological polar surface area (TPSA) is 84.2 Å². The molecular formula is C16H32ClN3O2. The number of nitrogens with one attached hydrogen (secondary N) is 2. The summed E-state index contributed by atoms with van der Waals surface area (Å²) < 4.78 is 0. The molecule has 22 heavy (non-hydrogen) atoms. The Hall–Kier alpha value is -0.810. The first-order valence-corrected chi connectivity index (χ1v) is 7.99. The molecule has 6 heteroatoms. The van der Waals surface area contributed by atoms with Crippen LogP contribution in [0.2, 0.25) is 0 Å². The van der Waals surface area contributed by atoms with Crippen molar-refractivity contribution in [2.75, 3.05) is 6.54 Å². The molecule has 0 bridgehead atoms. The van der Waals surface area contributed by atoms with Crippen LogP contribution in [0, 0.1) is 5.41 Å². The van der Waals surface area contributed by atoms with Crippen molar-refractivity contribution in [1.29, 1.82) is 0 Å². The van der Waals surface area contributed by atoms with E-state index in [9.17, 15) is 9.59 Å². The molecule has 0 saturated heterocycles. The summed E-state index contributed by atoms with van der Waals surface area (Å²) in [6.45, 7) is 8.03. The lowest BCUT2D eigenvalue weighted by atomic mass is 9.71. The van der Waals surface area contributed by atoms with Crippen molar-refractivity contribution in [3.8, 4) is 0 Å². The first-order chi connectivity index (χ1) is 9.67. The fraction of sp³-hybridized carbons (Fsp3) is 0.875. The van der Waals surface area contributed by atoms with E-state index in [2.05, 4.69) is 10.6 Å². The molecule has 0 spiro atoms. The first-order valence-electron chi connectivity index (χ1n) is 7.99. The molecule has 1 atom stereocenters. The Labute approximate surface area is 140 Å². The lowest BCUT2D eigenvalue weighted by molar-refractivity contribution is -0.130. The molecule has 1 fully saturated rings. The van der Waals surface area contributed by atoms with Gasteiger partial charge in [-0.25, -0.2) is 0 Å². The Bertz CT molecular complexity index is 374. The molecule has 5 nitrogen and oxygen atoms in total. The normalized spacial score (nSPS) is 18.8. The highest BCUT2D eigenvalue weighted by Gasteiger charge is 2.33. The number of hydrogen-bond donors (Lipinski definition) is 3. The number of carbonyl (C=O) groups is 2.